The molecule has 1 amide bonds. The summed E-state index contributed by atoms with van der Waals surface area (Å²) in [6, 6.07) is 0.503. The van der Waals surface area contributed by atoms with E-state index in [4.69, 9.17) is 0 Å². The van der Waals surface area contributed by atoms with Crippen molar-refractivity contribution >= 4 is 5.91 Å². The van der Waals surface area contributed by atoms with Crippen LogP contribution in [-0.4, -0.2) is 23.4 Å². The number of piperidine rings is 1. The lowest BCUT2D eigenvalue weighted by atomic mass is 9.86. The highest BCUT2D eigenvalue weighted by Gasteiger charge is 2.47. The highest BCUT2D eigenvalue weighted by Crippen LogP contribution is 2.41. The highest BCUT2D eigenvalue weighted by molar-refractivity contribution is 5.84. The molecule has 0 radical (unpaired) electrons. The predicted octanol–water partition coefficient (Wildman–Crippen LogP) is 2.60. The lowest BCUT2D eigenvalue weighted by Gasteiger charge is -2.35. The molecule has 0 bridgehead atoms. The second-order valence-corrected chi connectivity index (χ2v) is 5.82. The van der Waals surface area contributed by atoms with Crippen LogP contribution in [0.3, 0.4) is 0 Å². The van der Waals surface area contributed by atoms with Gasteiger partial charge >= 0.3 is 0 Å². The largest absolute Gasteiger partial charge is 0.339 e. The fourth-order valence-electron chi connectivity index (χ4n) is 2.96. The summed E-state index contributed by atoms with van der Waals surface area (Å²) in [5.74, 6) is 0.873. The molecule has 0 aromatic carbocycles. The van der Waals surface area contributed by atoms with Gasteiger partial charge in [-0.1, -0.05) is 26.0 Å². The van der Waals surface area contributed by atoms with Crippen LogP contribution in [0, 0.1) is 11.3 Å². The molecule has 2 nitrogen and oxygen atoms in total. The van der Waals surface area contributed by atoms with Crippen LogP contribution in [0.1, 0.15) is 40.0 Å². The van der Waals surface area contributed by atoms with Crippen molar-refractivity contribution in [3.05, 3.63) is 12.2 Å². The second-order valence-electron chi connectivity index (χ2n) is 5.82. The first-order valence-electron chi connectivity index (χ1n) is 5.88. The molecule has 0 aromatic rings. The highest BCUT2D eigenvalue weighted by atomic mass is 16.2. The van der Waals surface area contributed by atoms with E-state index in [1.54, 1.807) is 0 Å². The van der Waals surface area contributed by atoms with Gasteiger partial charge in [0.05, 0.1) is 0 Å². The van der Waals surface area contributed by atoms with Gasteiger partial charge in [-0.05, 0) is 32.1 Å². The third-order valence-corrected chi connectivity index (χ3v) is 3.99. The average Bonchev–Trinajstić information content (AvgIpc) is 2.37. The van der Waals surface area contributed by atoms with E-state index in [1.165, 1.54) is 12.0 Å². The van der Waals surface area contributed by atoms with Gasteiger partial charge in [0.15, 0.2) is 0 Å². The van der Waals surface area contributed by atoms with Crippen LogP contribution in [0.5, 0.6) is 0 Å². The Balaban J connectivity index is 2.14. The molecule has 2 heteroatoms. The van der Waals surface area contributed by atoms with E-state index in [0.29, 0.717) is 17.9 Å². The second kappa shape index (κ2) is 3.36. The molecular formula is C13H21NO. The summed E-state index contributed by atoms with van der Waals surface area (Å²) in [5.41, 5.74) is 1.10. The van der Waals surface area contributed by atoms with E-state index in [1.807, 2.05) is 0 Å². The van der Waals surface area contributed by atoms with Gasteiger partial charge in [0, 0.05) is 18.0 Å². The Hall–Kier alpha value is -0.790. The van der Waals surface area contributed by atoms with E-state index < -0.39 is 0 Å². The smallest absolute Gasteiger partial charge is 0.228 e. The zero-order chi connectivity index (χ0) is 11.2. The monoisotopic (exact) mass is 207 g/mol. The zero-order valence-corrected chi connectivity index (χ0v) is 10.0. The minimum Gasteiger partial charge on any atom is -0.339 e. The van der Waals surface area contributed by atoms with Crippen LogP contribution in [0.25, 0.3) is 0 Å². The van der Waals surface area contributed by atoms with Crippen molar-refractivity contribution in [1.29, 1.82) is 0 Å². The lowest BCUT2D eigenvalue weighted by molar-refractivity contribution is -0.136. The Morgan fingerprint density at radius 1 is 1.47 bits per heavy atom. The molecule has 2 heterocycles. The maximum atomic E-state index is 12.1. The van der Waals surface area contributed by atoms with Crippen LogP contribution in [0.2, 0.25) is 0 Å². The molecule has 2 aliphatic rings. The van der Waals surface area contributed by atoms with Crippen molar-refractivity contribution in [1.82, 2.24) is 4.90 Å². The number of carbonyl (C=O) groups excluding carboxylic acids is 1. The van der Waals surface area contributed by atoms with E-state index in [0.717, 1.165) is 19.4 Å². The van der Waals surface area contributed by atoms with Crippen molar-refractivity contribution in [2.24, 2.45) is 11.3 Å². The van der Waals surface area contributed by atoms with Crippen molar-refractivity contribution in [2.75, 3.05) is 6.54 Å². The first-order valence-corrected chi connectivity index (χ1v) is 5.88. The summed E-state index contributed by atoms with van der Waals surface area (Å²) in [5, 5.41) is 0. The normalized spacial score (nSPS) is 34.1. The van der Waals surface area contributed by atoms with Crippen LogP contribution in [0.15, 0.2) is 12.2 Å². The molecule has 2 atom stereocenters. The van der Waals surface area contributed by atoms with Gasteiger partial charge in [-0.15, -0.1) is 0 Å². The molecule has 15 heavy (non-hydrogen) atoms. The fourth-order valence-corrected chi connectivity index (χ4v) is 2.96. The molecule has 2 aliphatic heterocycles. The number of amides is 1. The molecule has 0 unspecified atom stereocenters. The maximum absolute atomic E-state index is 12.1. The Morgan fingerprint density at radius 2 is 2.13 bits per heavy atom. The SMILES string of the molecule is C=C(C)[C@@H]1CC[C@H]2CC(C)(C)C(=O)N2C1. The van der Waals surface area contributed by atoms with Crippen LogP contribution in [0.4, 0.5) is 0 Å². The Labute approximate surface area is 92.3 Å². The minimum atomic E-state index is -0.130. The first-order chi connectivity index (χ1) is 6.92. The molecule has 0 aliphatic carbocycles. The molecule has 0 spiro atoms. The van der Waals surface area contributed by atoms with Crippen molar-refractivity contribution < 1.29 is 4.79 Å². The van der Waals surface area contributed by atoms with E-state index in [9.17, 15) is 4.79 Å². The summed E-state index contributed by atoms with van der Waals surface area (Å²) in [6.07, 6.45) is 3.40. The topological polar surface area (TPSA) is 20.3 Å². The molecule has 0 aromatic heterocycles. The third kappa shape index (κ3) is 1.70. The number of nitrogens with zero attached hydrogens (tertiary/aromatic N) is 1. The molecule has 2 fully saturated rings. The number of carbonyl (C=O) groups is 1. The van der Waals surface area contributed by atoms with Gasteiger partial charge in [0.1, 0.15) is 0 Å². The van der Waals surface area contributed by atoms with E-state index >= 15 is 0 Å². The lowest BCUT2D eigenvalue weighted by Crippen LogP contribution is -2.42. The van der Waals surface area contributed by atoms with Gasteiger partial charge in [-0.3, -0.25) is 4.79 Å². The van der Waals surface area contributed by atoms with Crippen LogP contribution >= 0.6 is 0 Å². The minimum absolute atomic E-state index is 0.130. The zero-order valence-electron chi connectivity index (χ0n) is 10.0. The predicted molar refractivity (Wildman–Crippen MR) is 61.4 cm³/mol. The van der Waals surface area contributed by atoms with Crippen LogP contribution < -0.4 is 0 Å². The van der Waals surface area contributed by atoms with Gasteiger partial charge in [-0.2, -0.15) is 0 Å². The van der Waals surface area contributed by atoms with Gasteiger partial charge in [-0.25, -0.2) is 0 Å². The molecule has 2 saturated heterocycles. The standard InChI is InChI=1S/C13H21NO/c1-9(2)10-5-6-11-7-13(3,4)12(15)14(11)8-10/h10-11H,1,5-8H2,2-4H3/t10-,11+/m1/s1. The summed E-state index contributed by atoms with van der Waals surface area (Å²) < 4.78 is 0. The number of fused-ring (bicyclic) bond motifs is 1. The quantitative estimate of drug-likeness (QED) is 0.605. The number of hydrogen-bond donors (Lipinski definition) is 0. The van der Waals surface area contributed by atoms with E-state index in [2.05, 4.69) is 32.3 Å². The Morgan fingerprint density at radius 3 is 2.73 bits per heavy atom. The summed E-state index contributed by atoms with van der Waals surface area (Å²) >= 11 is 0. The maximum Gasteiger partial charge on any atom is 0.228 e. The van der Waals surface area contributed by atoms with Gasteiger partial charge < -0.3 is 4.90 Å². The van der Waals surface area contributed by atoms with Gasteiger partial charge in [0.25, 0.3) is 0 Å². The summed E-state index contributed by atoms with van der Waals surface area (Å²) in [7, 11) is 0. The molecule has 0 N–H and O–H groups in total. The Kier molecular flexibility index (Phi) is 2.40. The summed E-state index contributed by atoms with van der Waals surface area (Å²) in [4.78, 5) is 14.2. The fraction of sp³-hybridized carbons (Fsp3) is 0.769. The number of hydrogen-bond acceptors (Lipinski definition) is 1. The number of rotatable bonds is 1. The Bertz CT molecular complexity index is 306. The average molecular weight is 207 g/mol. The third-order valence-electron chi connectivity index (χ3n) is 3.99. The van der Waals surface area contributed by atoms with Crippen molar-refractivity contribution in [3.8, 4) is 0 Å². The summed E-state index contributed by atoms with van der Waals surface area (Å²) in [6.45, 7) is 11.1. The molecular weight excluding hydrogens is 186 g/mol. The van der Waals surface area contributed by atoms with E-state index in [-0.39, 0.29) is 5.41 Å². The van der Waals surface area contributed by atoms with Crippen LogP contribution in [-0.2, 0) is 4.79 Å². The first kappa shape index (κ1) is 10.7. The molecule has 84 valence electrons. The van der Waals surface area contributed by atoms with Gasteiger partial charge in [0.2, 0.25) is 5.91 Å². The molecule has 2 rings (SSSR count). The van der Waals surface area contributed by atoms with Crippen molar-refractivity contribution in [3.63, 3.8) is 0 Å². The molecule has 0 saturated carbocycles. The van der Waals surface area contributed by atoms with Crippen molar-refractivity contribution in [2.45, 2.75) is 46.1 Å².